The van der Waals surface area contributed by atoms with E-state index < -0.39 is 5.97 Å². The molecule has 0 saturated carbocycles. The van der Waals surface area contributed by atoms with Gasteiger partial charge in [0.1, 0.15) is 18.1 Å². The lowest BCUT2D eigenvalue weighted by molar-refractivity contribution is -0.151. The molecule has 1 fully saturated rings. The number of amides is 1. The first-order chi connectivity index (χ1) is 10.1. The number of rotatable bonds is 4. The molecule has 5 heteroatoms. The molecule has 0 radical (unpaired) electrons. The molecular formula is C16H17NO4. The van der Waals surface area contributed by atoms with Crippen LogP contribution in [-0.2, 0) is 20.9 Å². The van der Waals surface area contributed by atoms with Crippen LogP contribution in [0.4, 0.5) is 0 Å². The van der Waals surface area contributed by atoms with Gasteiger partial charge in [0, 0.05) is 6.42 Å². The van der Waals surface area contributed by atoms with Gasteiger partial charge in [0.25, 0.3) is 0 Å². The molecule has 2 aliphatic heterocycles. The quantitative estimate of drug-likeness (QED) is 0.626. The minimum Gasteiger partial charge on any atom is -0.497 e. The van der Waals surface area contributed by atoms with Crippen molar-refractivity contribution in [2.24, 2.45) is 5.92 Å². The Morgan fingerprint density at radius 2 is 2.05 bits per heavy atom. The molecule has 1 aromatic carbocycles. The molecule has 110 valence electrons. The van der Waals surface area contributed by atoms with Gasteiger partial charge in [-0.3, -0.25) is 4.79 Å². The number of fused-ring (bicyclic) bond motifs is 1. The van der Waals surface area contributed by atoms with Crippen LogP contribution >= 0.6 is 0 Å². The van der Waals surface area contributed by atoms with Crippen LogP contribution in [0.3, 0.4) is 0 Å². The Morgan fingerprint density at radius 3 is 2.67 bits per heavy atom. The maximum atomic E-state index is 12.1. The smallest absolute Gasteiger partial charge is 0.355 e. The molecule has 21 heavy (non-hydrogen) atoms. The summed E-state index contributed by atoms with van der Waals surface area (Å²) in [6.45, 7) is 2.19. The zero-order valence-corrected chi connectivity index (χ0v) is 12.0. The van der Waals surface area contributed by atoms with Crippen molar-refractivity contribution in [2.45, 2.75) is 26.0 Å². The van der Waals surface area contributed by atoms with Crippen molar-refractivity contribution in [2.75, 3.05) is 7.11 Å². The van der Waals surface area contributed by atoms with Crippen molar-refractivity contribution < 1.29 is 19.1 Å². The summed E-state index contributed by atoms with van der Waals surface area (Å²) in [7, 11) is 1.60. The first kappa shape index (κ1) is 13.7. The van der Waals surface area contributed by atoms with Crippen LogP contribution < -0.4 is 4.74 Å². The van der Waals surface area contributed by atoms with E-state index in [1.54, 1.807) is 12.0 Å². The van der Waals surface area contributed by atoms with Crippen LogP contribution in [0.2, 0.25) is 0 Å². The second-order valence-corrected chi connectivity index (χ2v) is 5.37. The lowest BCUT2D eigenvalue weighted by atomic mass is 9.94. The van der Waals surface area contributed by atoms with Gasteiger partial charge in [-0.15, -0.1) is 0 Å². The molecule has 0 aromatic heterocycles. The fourth-order valence-electron chi connectivity index (χ4n) is 2.73. The maximum Gasteiger partial charge on any atom is 0.355 e. The van der Waals surface area contributed by atoms with Crippen molar-refractivity contribution in [1.82, 2.24) is 4.90 Å². The van der Waals surface area contributed by atoms with Crippen LogP contribution in [0, 0.1) is 5.92 Å². The molecule has 1 unspecified atom stereocenters. The van der Waals surface area contributed by atoms with Crippen molar-refractivity contribution >= 4 is 11.9 Å². The van der Waals surface area contributed by atoms with Gasteiger partial charge in [-0.1, -0.05) is 19.1 Å². The van der Waals surface area contributed by atoms with Gasteiger partial charge in [0.2, 0.25) is 5.91 Å². The lowest BCUT2D eigenvalue weighted by Crippen LogP contribution is -2.51. The average Bonchev–Trinajstić information content (AvgIpc) is 2.76. The molecule has 2 aliphatic rings. The number of esters is 1. The summed E-state index contributed by atoms with van der Waals surface area (Å²) in [5.74, 6) is 0.530. The summed E-state index contributed by atoms with van der Waals surface area (Å²) >= 11 is 0. The molecule has 0 bridgehead atoms. The summed E-state index contributed by atoms with van der Waals surface area (Å²) in [6, 6.07) is 7.45. The predicted molar refractivity (Wildman–Crippen MR) is 75.3 cm³/mol. The van der Waals surface area contributed by atoms with Gasteiger partial charge in [-0.2, -0.15) is 0 Å². The average molecular weight is 287 g/mol. The number of carbonyl (C=O) groups excluding carboxylic acids is 2. The first-order valence-electron chi connectivity index (χ1n) is 6.94. The van der Waals surface area contributed by atoms with E-state index in [-0.39, 0.29) is 24.5 Å². The third-order valence-electron chi connectivity index (χ3n) is 4.01. The highest BCUT2D eigenvalue weighted by Crippen LogP contribution is 2.37. The summed E-state index contributed by atoms with van der Waals surface area (Å²) in [5.41, 5.74) is 1.26. The highest BCUT2D eigenvalue weighted by Gasteiger charge is 2.47. The van der Waals surface area contributed by atoms with E-state index in [0.717, 1.165) is 11.3 Å². The minimum absolute atomic E-state index is 0.00278. The van der Waals surface area contributed by atoms with E-state index in [1.165, 1.54) is 0 Å². The van der Waals surface area contributed by atoms with Crippen LogP contribution in [0.25, 0.3) is 0 Å². The van der Waals surface area contributed by atoms with E-state index >= 15 is 0 Å². The Balaban J connectivity index is 1.61. The van der Waals surface area contributed by atoms with E-state index in [4.69, 9.17) is 9.47 Å². The fraction of sp³-hybridized carbons (Fsp3) is 0.375. The Bertz CT molecular complexity index is 605. The van der Waals surface area contributed by atoms with Crippen molar-refractivity contribution in [3.8, 4) is 5.75 Å². The van der Waals surface area contributed by atoms with E-state index in [9.17, 15) is 9.59 Å². The molecule has 1 amide bonds. The molecule has 1 saturated heterocycles. The van der Waals surface area contributed by atoms with Crippen molar-refractivity contribution in [1.29, 1.82) is 0 Å². The van der Waals surface area contributed by atoms with Crippen molar-refractivity contribution in [3.63, 3.8) is 0 Å². The van der Waals surface area contributed by atoms with Gasteiger partial charge in [0.05, 0.1) is 13.2 Å². The van der Waals surface area contributed by atoms with Crippen LogP contribution in [0.5, 0.6) is 5.75 Å². The first-order valence-corrected chi connectivity index (χ1v) is 6.94. The monoisotopic (exact) mass is 287 g/mol. The summed E-state index contributed by atoms with van der Waals surface area (Å²) in [4.78, 5) is 25.3. The Labute approximate surface area is 123 Å². The van der Waals surface area contributed by atoms with Gasteiger partial charge in [0.15, 0.2) is 0 Å². The lowest BCUT2D eigenvalue weighted by Gasteiger charge is -2.37. The van der Waals surface area contributed by atoms with Gasteiger partial charge in [-0.25, -0.2) is 4.79 Å². The Kier molecular flexibility index (Phi) is 3.41. The Morgan fingerprint density at radius 1 is 1.33 bits per heavy atom. The fourth-order valence-corrected chi connectivity index (χ4v) is 2.73. The number of carbonyl (C=O) groups is 2. The number of methoxy groups -OCH3 is 1. The van der Waals surface area contributed by atoms with Crippen LogP contribution in [0.1, 0.15) is 18.9 Å². The molecule has 1 aromatic rings. The Hall–Kier alpha value is -2.30. The molecular weight excluding hydrogens is 270 g/mol. The second-order valence-electron chi connectivity index (χ2n) is 5.37. The molecule has 2 atom stereocenters. The normalized spacial score (nSPS) is 23.2. The summed E-state index contributed by atoms with van der Waals surface area (Å²) < 4.78 is 10.4. The molecule has 5 nitrogen and oxygen atoms in total. The summed E-state index contributed by atoms with van der Waals surface area (Å²) in [6.07, 6.45) is 2.35. The van der Waals surface area contributed by atoms with Crippen LogP contribution in [-0.4, -0.2) is 29.9 Å². The number of β-lactam (4-membered cyclic amide) rings is 1. The maximum absolute atomic E-state index is 12.1. The molecule has 2 heterocycles. The molecule has 3 rings (SSSR count). The third kappa shape index (κ3) is 2.39. The van der Waals surface area contributed by atoms with E-state index in [1.807, 2.05) is 37.3 Å². The number of nitrogens with zero attached hydrogens (tertiary/aromatic N) is 1. The number of ether oxygens (including phenoxy) is 2. The SMILES string of the molecule is COc1ccc(COC(=O)C2=CC(C)[C@@H]3CC(=O)N23)cc1. The van der Waals surface area contributed by atoms with Crippen LogP contribution in [0.15, 0.2) is 36.0 Å². The summed E-state index contributed by atoms with van der Waals surface area (Å²) in [5, 5.41) is 0. The van der Waals surface area contributed by atoms with Gasteiger partial charge >= 0.3 is 5.97 Å². The molecule has 0 N–H and O–H groups in total. The predicted octanol–water partition coefficient (Wildman–Crippen LogP) is 1.87. The van der Waals surface area contributed by atoms with Gasteiger partial charge in [-0.05, 0) is 29.7 Å². The molecule has 0 aliphatic carbocycles. The standard InChI is InChI=1S/C16H17NO4/c1-10-7-14(17-13(10)8-15(17)18)16(19)21-9-11-3-5-12(20-2)6-4-11/h3-7,10,13H,8-9H2,1-2H3/t10?,13-/m0/s1. The number of hydrogen-bond acceptors (Lipinski definition) is 4. The molecule has 0 spiro atoms. The van der Waals surface area contributed by atoms with E-state index in [2.05, 4.69) is 0 Å². The zero-order valence-electron chi connectivity index (χ0n) is 12.0. The van der Waals surface area contributed by atoms with Gasteiger partial charge < -0.3 is 14.4 Å². The minimum atomic E-state index is -0.437. The highest BCUT2D eigenvalue weighted by molar-refractivity contribution is 5.98. The topological polar surface area (TPSA) is 55.8 Å². The number of benzene rings is 1. The second kappa shape index (κ2) is 5.24. The number of hydrogen-bond donors (Lipinski definition) is 0. The van der Waals surface area contributed by atoms with Crippen molar-refractivity contribution in [3.05, 3.63) is 41.6 Å². The van der Waals surface area contributed by atoms with E-state index in [0.29, 0.717) is 12.1 Å². The largest absolute Gasteiger partial charge is 0.497 e. The highest BCUT2D eigenvalue weighted by atomic mass is 16.5. The third-order valence-corrected chi connectivity index (χ3v) is 4.01. The zero-order chi connectivity index (χ0) is 15.0.